The Hall–Kier alpha value is -1.09. The molecule has 0 spiro atoms. The van der Waals surface area contributed by atoms with Crippen LogP contribution in [0.25, 0.3) is 0 Å². The van der Waals surface area contributed by atoms with E-state index in [2.05, 4.69) is 6.92 Å². The lowest BCUT2D eigenvalue weighted by Crippen LogP contribution is -2.19. The van der Waals surface area contributed by atoms with Gasteiger partial charge in [-0.15, -0.1) is 0 Å². The minimum atomic E-state index is 0.322. The van der Waals surface area contributed by atoms with Crippen LogP contribution in [0.15, 0.2) is 18.2 Å². The first-order valence-electron chi connectivity index (χ1n) is 6.74. The SMILES string of the molecule is Cc1ccc(C(N)=S)c(OC2CCCCCC2)c1. The first-order valence-corrected chi connectivity index (χ1v) is 7.15. The lowest BCUT2D eigenvalue weighted by molar-refractivity contribution is 0.183. The molecule has 0 amide bonds. The molecule has 1 aliphatic rings. The molecule has 1 aliphatic carbocycles. The van der Waals surface area contributed by atoms with Crippen molar-refractivity contribution in [3.63, 3.8) is 0 Å². The molecule has 0 radical (unpaired) electrons. The van der Waals surface area contributed by atoms with Crippen molar-refractivity contribution in [2.45, 2.75) is 51.6 Å². The summed E-state index contributed by atoms with van der Waals surface area (Å²) in [4.78, 5) is 0.415. The van der Waals surface area contributed by atoms with E-state index < -0.39 is 0 Å². The van der Waals surface area contributed by atoms with Gasteiger partial charge in [0.25, 0.3) is 0 Å². The molecule has 1 aromatic carbocycles. The van der Waals surface area contributed by atoms with E-state index in [4.69, 9.17) is 22.7 Å². The maximum atomic E-state index is 6.14. The molecular weight excluding hydrogens is 242 g/mol. The minimum absolute atomic E-state index is 0.322. The monoisotopic (exact) mass is 263 g/mol. The smallest absolute Gasteiger partial charge is 0.130 e. The Kier molecular flexibility index (Phi) is 4.59. The summed E-state index contributed by atoms with van der Waals surface area (Å²) in [5, 5.41) is 0. The highest BCUT2D eigenvalue weighted by atomic mass is 32.1. The summed E-state index contributed by atoms with van der Waals surface area (Å²) in [6.07, 6.45) is 7.79. The molecule has 0 aliphatic heterocycles. The van der Waals surface area contributed by atoms with Gasteiger partial charge in [0.15, 0.2) is 0 Å². The van der Waals surface area contributed by atoms with E-state index in [-0.39, 0.29) is 0 Å². The summed E-state index contributed by atoms with van der Waals surface area (Å²) >= 11 is 5.09. The number of hydrogen-bond acceptors (Lipinski definition) is 2. The van der Waals surface area contributed by atoms with Gasteiger partial charge in [0.1, 0.15) is 10.7 Å². The maximum absolute atomic E-state index is 6.14. The second kappa shape index (κ2) is 6.19. The van der Waals surface area contributed by atoms with Crippen molar-refractivity contribution in [2.75, 3.05) is 0 Å². The summed E-state index contributed by atoms with van der Waals surface area (Å²) in [6.45, 7) is 2.06. The summed E-state index contributed by atoms with van der Waals surface area (Å²) in [6, 6.07) is 6.03. The first kappa shape index (κ1) is 13.3. The largest absolute Gasteiger partial charge is 0.490 e. The van der Waals surface area contributed by atoms with Crippen molar-refractivity contribution < 1.29 is 4.74 Å². The van der Waals surface area contributed by atoms with Crippen LogP contribution in [0.5, 0.6) is 5.75 Å². The van der Waals surface area contributed by atoms with Crippen molar-refractivity contribution in [2.24, 2.45) is 5.73 Å². The van der Waals surface area contributed by atoms with E-state index in [1.807, 2.05) is 18.2 Å². The third-order valence-corrected chi connectivity index (χ3v) is 3.72. The number of nitrogens with two attached hydrogens (primary N) is 1. The van der Waals surface area contributed by atoms with Gasteiger partial charge in [-0.1, -0.05) is 31.1 Å². The summed E-state index contributed by atoms with van der Waals surface area (Å²) in [5.74, 6) is 0.856. The van der Waals surface area contributed by atoms with E-state index in [1.54, 1.807) is 0 Å². The fourth-order valence-electron chi connectivity index (χ4n) is 2.47. The number of rotatable bonds is 3. The van der Waals surface area contributed by atoms with Crippen LogP contribution in [-0.2, 0) is 0 Å². The van der Waals surface area contributed by atoms with Crippen molar-refractivity contribution in [3.05, 3.63) is 29.3 Å². The Morgan fingerprint density at radius 2 is 1.89 bits per heavy atom. The molecule has 1 aromatic rings. The normalized spacial score (nSPS) is 17.2. The molecule has 1 saturated carbocycles. The van der Waals surface area contributed by atoms with E-state index in [0.29, 0.717) is 11.1 Å². The van der Waals surface area contributed by atoms with Crippen molar-refractivity contribution in [3.8, 4) is 5.75 Å². The summed E-state index contributed by atoms with van der Waals surface area (Å²) in [5.41, 5.74) is 7.79. The standard InChI is InChI=1S/C15H21NOS/c1-11-8-9-13(15(16)18)14(10-11)17-12-6-4-2-3-5-7-12/h8-10,12H,2-7H2,1H3,(H2,16,18). The van der Waals surface area contributed by atoms with Gasteiger partial charge in [-0.05, 0) is 50.3 Å². The average Bonchev–Trinajstić information content (AvgIpc) is 2.57. The van der Waals surface area contributed by atoms with Gasteiger partial charge < -0.3 is 10.5 Å². The van der Waals surface area contributed by atoms with Gasteiger partial charge in [-0.3, -0.25) is 0 Å². The molecule has 1 fully saturated rings. The third-order valence-electron chi connectivity index (χ3n) is 3.50. The molecule has 0 bridgehead atoms. The molecule has 2 N–H and O–H groups in total. The highest BCUT2D eigenvalue weighted by molar-refractivity contribution is 7.80. The van der Waals surface area contributed by atoms with E-state index in [9.17, 15) is 0 Å². The predicted molar refractivity (Wildman–Crippen MR) is 79.2 cm³/mol. The summed E-state index contributed by atoms with van der Waals surface area (Å²) < 4.78 is 6.14. The fourth-order valence-corrected chi connectivity index (χ4v) is 2.64. The second-order valence-corrected chi connectivity index (χ2v) is 5.54. The number of ether oxygens (including phenoxy) is 1. The Morgan fingerprint density at radius 1 is 1.22 bits per heavy atom. The van der Waals surface area contributed by atoms with Crippen LogP contribution < -0.4 is 10.5 Å². The predicted octanol–water partition coefficient (Wildman–Crippen LogP) is 3.73. The van der Waals surface area contributed by atoms with E-state index >= 15 is 0 Å². The Bertz CT molecular complexity index is 423. The van der Waals surface area contributed by atoms with Crippen molar-refractivity contribution in [1.82, 2.24) is 0 Å². The Labute approximate surface area is 115 Å². The fraction of sp³-hybridized carbons (Fsp3) is 0.533. The van der Waals surface area contributed by atoms with Crippen molar-refractivity contribution >= 4 is 17.2 Å². The Morgan fingerprint density at radius 3 is 2.50 bits per heavy atom. The molecule has 0 saturated heterocycles. The molecular formula is C15H21NOS. The average molecular weight is 263 g/mol. The number of thiocarbonyl (C=S) groups is 1. The van der Waals surface area contributed by atoms with Crippen LogP contribution in [0.3, 0.4) is 0 Å². The molecule has 0 aromatic heterocycles. The number of benzene rings is 1. The van der Waals surface area contributed by atoms with Gasteiger partial charge in [-0.2, -0.15) is 0 Å². The zero-order chi connectivity index (χ0) is 13.0. The van der Waals surface area contributed by atoms with Crippen LogP contribution in [-0.4, -0.2) is 11.1 Å². The first-order chi connectivity index (χ1) is 8.66. The zero-order valence-electron chi connectivity index (χ0n) is 10.9. The van der Waals surface area contributed by atoms with Crippen LogP contribution in [0.2, 0.25) is 0 Å². The topological polar surface area (TPSA) is 35.2 Å². The Balaban J connectivity index is 2.15. The van der Waals surface area contributed by atoms with E-state index in [1.165, 1.54) is 31.2 Å². The van der Waals surface area contributed by atoms with Gasteiger partial charge in [0, 0.05) is 0 Å². The quantitative estimate of drug-likeness (QED) is 0.666. The lowest BCUT2D eigenvalue weighted by Gasteiger charge is -2.19. The number of aryl methyl sites for hydroxylation is 1. The van der Waals surface area contributed by atoms with Crippen LogP contribution >= 0.6 is 12.2 Å². The molecule has 2 nitrogen and oxygen atoms in total. The number of hydrogen-bond donors (Lipinski definition) is 1. The van der Waals surface area contributed by atoms with Crippen LogP contribution in [0.1, 0.15) is 49.7 Å². The zero-order valence-corrected chi connectivity index (χ0v) is 11.8. The highest BCUT2D eigenvalue weighted by Gasteiger charge is 2.16. The van der Waals surface area contributed by atoms with Gasteiger partial charge in [0.2, 0.25) is 0 Å². The molecule has 2 rings (SSSR count). The summed E-state index contributed by atoms with van der Waals surface area (Å²) in [7, 11) is 0. The van der Waals surface area contributed by atoms with Crippen LogP contribution in [0, 0.1) is 6.92 Å². The van der Waals surface area contributed by atoms with Crippen molar-refractivity contribution in [1.29, 1.82) is 0 Å². The highest BCUT2D eigenvalue weighted by Crippen LogP contribution is 2.26. The molecule has 0 unspecified atom stereocenters. The molecule has 18 heavy (non-hydrogen) atoms. The second-order valence-electron chi connectivity index (χ2n) is 5.10. The lowest BCUT2D eigenvalue weighted by atomic mass is 10.1. The molecule has 0 heterocycles. The maximum Gasteiger partial charge on any atom is 0.130 e. The third kappa shape index (κ3) is 3.45. The van der Waals surface area contributed by atoms with E-state index in [0.717, 1.165) is 24.2 Å². The van der Waals surface area contributed by atoms with Gasteiger partial charge in [0.05, 0.1) is 11.7 Å². The minimum Gasteiger partial charge on any atom is -0.490 e. The molecule has 3 heteroatoms. The molecule has 98 valence electrons. The van der Waals surface area contributed by atoms with Gasteiger partial charge >= 0.3 is 0 Å². The van der Waals surface area contributed by atoms with Crippen LogP contribution in [0.4, 0.5) is 0 Å². The molecule has 0 atom stereocenters. The van der Waals surface area contributed by atoms with Gasteiger partial charge in [-0.25, -0.2) is 0 Å².